The highest BCUT2D eigenvalue weighted by Crippen LogP contribution is 2.29. The van der Waals surface area contributed by atoms with Crippen molar-refractivity contribution in [2.75, 3.05) is 18.0 Å². The second kappa shape index (κ2) is 11.6. The third-order valence-electron chi connectivity index (χ3n) is 6.06. The van der Waals surface area contributed by atoms with Gasteiger partial charge in [-0.05, 0) is 37.8 Å². The molecule has 0 saturated heterocycles. The first-order valence-electron chi connectivity index (χ1n) is 11.9. The lowest BCUT2D eigenvalue weighted by Crippen LogP contribution is -2.39. The monoisotopic (exact) mass is 421 g/mol. The Labute approximate surface area is 186 Å². The van der Waals surface area contributed by atoms with Crippen molar-refractivity contribution in [3.05, 3.63) is 30.0 Å². The van der Waals surface area contributed by atoms with Crippen LogP contribution in [0.2, 0.25) is 0 Å². The number of anilines is 1. The number of nitrogens with zero attached hydrogens (tertiary/aromatic N) is 4. The maximum absolute atomic E-state index is 13.2. The van der Waals surface area contributed by atoms with Gasteiger partial charge >= 0.3 is 0 Å². The fraction of sp³-hybridized carbons (Fsp3) is 0.600. The first-order valence-corrected chi connectivity index (χ1v) is 11.9. The summed E-state index contributed by atoms with van der Waals surface area (Å²) in [6, 6.07) is 10.1. The zero-order valence-corrected chi connectivity index (χ0v) is 18.9. The van der Waals surface area contributed by atoms with Gasteiger partial charge in [-0.3, -0.25) is 4.79 Å². The number of rotatable bonds is 10. The quantitative estimate of drug-likeness (QED) is 0.578. The molecule has 166 valence electrons. The minimum absolute atomic E-state index is 0.158. The molecule has 1 saturated carbocycles. The van der Waals surface area contributed by atoms with Crippen LogP contribution in [0.3, 0.4) is 0 Å². The van der Waals surface area contributed by atoms with Crippen molar-refractivity contribution in [1.82, 2.24) is 15.3 Å². The molecule has 0 radical (unpaired) electrons. The molecule has 1 aliphatic rings. The number of carbonyl (C=O) groups is 1. The minimum atomic E-state index is -0.959. The first kappa shape index (κ1) is 23.0. The van der Waals surface area contributed by atoms with Crippen molar-refractivity contribution in [2.45, 2.75) is 83.6 Å². The summed E-state index contributed by atoms with van der Waals surface area (Å²) < 4.78 is 0. The predicted molar refractivity (Wildman–Crippen MR) is 125 cm³/mol. The van der Waals surface area contributed by atoms with Crippen LogP contribution in [-0.4, -0.2) is 35.0 Å². The number of carbonyl (C=O) groups excluding carboxylic acids is 1. The van der Waals surface area contributed by atoms with Crippen LogP contribution in [0.15, 0.2) is 24.3 Å². The Morgan fingerprint density at radius 2 is 1.71 bits per heavy atom. The largest absolute Gasteiger partial charge is 0.355 e. The molecule has 0 bridgehead atoms. The van der Waals surface area contributed by atoms with Gasteiger partial charge in [0.15, 0.2) is 11.7 Å². The third-order valence-corrected chi connectivity index (χ3v) is 6.06. The summed E-state index contributed by atoms with van der Waals surface area (Å²) in [6.45, 7) is 6.03. The van der Waals surface area contributed by atoms with Crippen LogP contribution in [0.5, 0.6) is 0 Å². The fourth-order valence-electron chi connectivity index (χ4n) is 4.23. The van der Waals surface area contributed by atoms with Crippen molar-refractivity contribution >= 4 is 22.8 Å². The van der Waals surface area contributed by atoms with Crippen molar-refractivity contribution in [3.63, 3.8) is 0 Å². The molecule has 0 aliphatic heterocycles. The Morgan fingerprint density at radius 3 is 2.29 bits per heavy atom. The Hall–Kier alpha value is -2.68. The number of amides is 1. The molecule has 1 atom stereocenters. The van der Waals surface area contributed by atoms with Gasteiger partial charge in [-0.1, -0.05) is 58.1 Å². The van der Waals surface area contributed by atoms with Gasteiger partial charge < -0.3 is 10.2 Å². The molecule has 1 aliphatic carbocycles. The molecule has 1 aromatic carbocycles. The lowest BCUT2D eigenvalue weighted by atomic mass is 9.94. The fourth-order valence-corrected chi connectivity index (χ4v) is 4.23. The average molecular weight is 422 g/mol. The molecule has 1 heterocycles. The van der Waals surface area contributed by atoms with E-state index in [4.69, 9.17) is 9.97 Å². The summed E-state index contributed by atoms with van der Waals surface area (Å²) in [5.74, 6) is -0.517. The first-order chi connectivity index (χ1) is 15.2. The summed E-state index contributed by atoms with van der Waals surface area (Å²) in [4.78, 5) is 25.1. The van der Waals surface area contributed by atoms with Crippen molar-refractivity contribution in [1.29, 1.82) is 5.26 Å². The van der Waals surface area contributed by atoms with E-state index >= 15 is 0 Å². The van der Waals surface area contributed by atoms with Gasteiger partial charge in [0, 0.05) is 19.1 Å². The number of nitriles is 1. The standard InChI is InChI=1S/C25H35N5O/c1-3-5-16-30(17-6-4-2)24-23(28-21-14-10-11-15-22(21)29-24)20(18-26)25(31)27-19-12-8-7-9-13-19/h10-11,14-15,19-20H,3-9,12-13,16-17H2,1-2H3,(H,27,31)/t20-/m0/s1. The lowest BCUT2D eigenvalue weighted by Gasteiger charge is -2.28. The average Bonchev–Trinajstić information content (AvgIpc) is 2.80. The smallest absolute Gasteiger partial charge is 0.243 e. The zero-order valence-electron chi connectivity index (χ0n) is 18.9. The molecule has 31 heavy (non-hydrogen) atoms. The van der Waals surface area contributed by atoms with Crippen molar-refractivity contribution in [3.8, 4) is 6.07 Å². The van der Waals surface area contributed by atoms with E-state index in [1.165, 1.54) is 6.42 Å². The lowest BCUT2D eigenvalue weighted by molar-refractivity contribution is -0.122. The summed E-state index contributed by atoms with van der Waals surface area (Å²) >= 11 is 0. The Bertz CT molecular complexity index is 892. The SMILES string of the molecule is CCCCN(CCCC)c1nc2ccccc2nc1[C@H](C#N)C(=O)NC1CCCCC1. The second-order valence-electron chi connectivity index (χ2n) is 8.52. The number of benzene rings is 1. The van der Waals surface area contributed by atoms with Crippen LogP contribution in [0, 0.1) is 11.3 Å². The molecule has 3 rings (SSSR count). The molecule has 1 fully saturated rings. The Balaban J connectivity index is 1.99. The number of hydrogen-bond acceptors (Lipinski definition) is 5. The van der Waals surface area contributed by atoms with Crippen LogP contribution in [0.1, 0.15) is 83.2 Å². The number of hydrogen-bond donors (Lipinski definition) is 1. The number of para-hydroxylation sites is 2. The van der Waals surface area contributed by atoms with Crippen LogP contribution in [-0.2, 0) is 4.79 Å². The number of aromatic nitrogens is 2. The zero-order chi connectivity index (χ0) is 22.1. The second-order valence-corrected chi connectivity index (χ2v) is 8.52. The van der Waals surface area contributed by atoms with E-state index in [1.54, 1.807) is 0 Å². The van der Waals surface area contributed by atoms with Gasteiger partial charge in [0.2, 0.25) is 5.91 Å². The van der Waals surface area contributed by atoms with E-state index in [0.717, 1.165) is 75.5 Å². The maximum atomic E-state index is 13.2. The van der Waals surface area contributed by atoms with Crippen molar-refractivity contribution < 1.29 is 4.79 Å². The van der Waals surface area contributed by atoms with Crippen molar-refractivity contribution in [2.24, 2.45) is 0 Å². The van der Waals surface area contributed by atoms with Crippen LogP contribution < -0.4 is 10.2 Å². The highest BCUT2D eigenvalue weighted by molar-refractivity contribution is 5.89. The predicted octanol–water partition coefficient (Wildman–Crippen LogP) is 5.09. The van der Waals surface area contributed by atoms with Crippen LogP contribution in [0.25, 0.3) is 11.0 Å². The van der Waals surface area contributed by atoms with E-state index in [-0.39, 0.29) is 11.9 Å². The van der Waals surface area contributed by atoms with E-state index in [9.17, 15) is 10.1 Å². The molecular formula is C25H35N5O. The van der Waals surface area contributed by atoms with Gasteiger partial charge in [-0.2, -0.15) is 5.26 Å². The molecular weight excluding hydrogens is 386 g/mol. The molecule has 6 nitrogen and oxygen atoms in total. The van der Waals surface area contributed by atoms with E-state index in [2.05, 4.69) is 30.1 Å². The highest BCUT2D eigenvalue weighted by Gasteiger charge is 2.30. The summed E-state index contributed by atoms with van der Waals surface area (Å²) in [6.07, 6.45) is 9.66. The summed E-state index contributed by atoms with van der Waals surface area (Å²) in [5, 5.41) is 13.1. The van der Waals surface area contributed by atoms with E-state index in [1.807, 2.05) is 24.3 Å². The normalized spacial score (nSPS) is 15.4. The van der Waals surface area contributed by atoms with Gasteiger partial charge in [0.1, 0.15) is 5.69 Å². The molecule has 6 heteroatoms. The number of nitrogens with one attached hydrogen (secondary N) is 1. The van der Waals surface area contributed by atoms with Gasteiger partial charge in [0.25, 0.3) is 0 Å². The maximum Gasteiger partial charge on any atom is 0.243 e. The Kier molecular flexibility index (Phi) is 8.63. The molecule has 1 amide bonds. The molecule has 2 aromatic rings. The van der Waals surface area contributed by atoms with Gasteiger partial charge in [0.05, 0.1) is 17.1 Å². The number of unbranched alkanes of at least 4 members (excludes halogenated alkanes) is 2. The minimum Gasteiger partial charge on any atom is -0.355 e. The molecule has 1 N–H and O–H groups in total. The molecule has 0 spiro atoms. The summed E-state index contributed by atoms with van der Waals surface area (Å²) in [7, 11) is 0. The Morgan fingerprint density at radius 1 is 1.10 bits per heavy atom. The van der Waals surface area contributed by atoms with Crippen LogP contribution >= 0.6 is 0 Å². The highest BCUT2D eigenvalue weighted by atomic mass is 16.2. The van der Waals surface area contributed by atoms with Gasteiger partial charge in [-0.25, -0.2) is 9.97 Å². The van der Waals surface area contributed by atoms with E-state index in [0.29, 0.717) is 11.5 Å². The van der Waals surface area contributed by atoms with Gasteiger partial charge in [-0.15, -0.1) is 0 Å². The van der Waals surface area contributed by atoms with E-state index < -0.39 is 5.92 Å². The third kappa shape index (κ3) is 5.94. The number of fused-ring (bicyclic) bond motifs is 1. The summed E-state index contributed by atoms with van der Waals surface area (Å²) in [5.41, 5.74) is 2.00. The molecule has 1 aromatic heterocycles. The topological polar surface area (TPSA) is 81.9 Å². The molecule has 0 unspecified atom stereocenters. The van der Waals surface area contributed by atoms with Crippen LogP contribution in [0.4, 0.5) is 5.82 Å².